The summed E-state index contributed by atoms with van der Waals surface area (Å²) in [7, 11) is 1.58. The Hall–Kier alpha value is -3.61. The molecule has 0 spiro atoms. The van der Waals surface area contributed by atoms with Gasteiger partial charge in [0.1, 0.15) is 11.6 Å². The normalized spacial score (nSPS) is 18.6. The second-order valence-corrected chi connectivity index (χ2v) is 9.54. The van der Waals surface area contributed by atoms with Crippen LogP contribution in [-0.2, 0) is 4.79 Å². The molecule has 1 fully saturated rings. The maximum atomic E-state index is 13.9. The number of hydrogen-bond donors (Lipinski definition) is 2. The van der Waals surface area contributed by atoms with Crippen LogP contribution in [0.15, 0.2) is 42.6 Å². The van der Waals surface area contributed by atoms with Crippen LogP contribution in [-0.4, -0.2) is 52.8 Å². The van der Waals surface area contributed by atoms with E-state index in [9.17, 15) is 28.2 Å². The summed E-state index contributed by atoms with van der Waals surface area (Å²) in [5.41, 5.74) is 0.879. The number of rotatable bonds is 8. The molecule has 1 aliphatic rings. The van der Waals surface area contributed by atoms with Gasteiger partial charge in [-0.25, -0.2) is 13.2 Å². The van der Waals surface area contributed by atoms with Crippen molar-refractivity contribution in [3.05, 3.63) is 71.2 Å². The number of carboxylic acid groups (broad SMARTS) is 1. The second kappa shape index (κ2) is 12.3. The van der Waals surface area contributed by atoms with E-state index < -0.39 is 35.1 Å². The number of methoxy groups -OCH3 is 1. The molecule has 1 saturated heterocycles. The van der Waals surface area contributed by atoms with E-state index in [1.165, 1.54) is 0 Å². The predicted molar refractivity (Wildman–Crippen MR) is 136 cm³/mol. The zero-order valence-electron chi connectivity index (χ0n) is 21.0. The third-order valence-electron chi connectivity index (χ3n) is 7.12. The van der Waals surface area contributed by atoms with Crippen molar-refractivity contribution >= 4 is 16.9 Å². The van der Waals surface area contributed by atoms with Gasteiger partial charge < -0.3 is 14.9 Å². The van der Waals surface area contributed by atoms with Gasteiger partial charge in [0.2, 0.25) is 0 Å². The first kappa shape index (κ1) is 27.4. The third kappa shape index (κ3) is 6.44. The number of hydrogen-bond acceptors (Lipinski definition) is 5. The summed E-state index contributed by atoms with van der Waals surface area (Å²) < 4.78 is 46.4. The minimum Gasteiger partial charge on any atom is -0.497 e. The molecule has 0 radical (unpaired) electrons. The molecule has 0 unspecified atom stereocenters. The monoisotopic (exact) mass is 526 g/mol. The standard InChI is InChI=1S/C29H29F3N2O4/c1-38-20-5-8-26-23(16-20)21(10-12-33-26)27(35)9-4-18-11-14-34(17-19(18)15-28(36)37)13-2-3-22-24(30)6-7-25(31)29(22)32/h5-8,10,12,16,18-19,27,35H,4,9,11,13-15,17H2,1H3,(H,36,37)/t18-,19+,27-/m1/s1. The molecule has 1 aliphatic heterocycles. The Bertz CT molecular complexity index is 1370. The zero-order chi connectivity index (χ0) is 27.2. The van der Waals surface area contributed by atoms with Crippen LogP contribution >= 0.6 is 0 Å². The molecule has 3 aromatic rings. The number of ether oxygens (including phenoxy) is 1. The number of halogens is 3. The Morgan fingerprint density at radius 3 is 2.74 bits per heavy atom. The van der Waals surface area contributed by atoms with Crippen molar-refractivity contribution in [2.75, 3.05) is 26.7 Å². The van der Waals surface area contributed by atoms with Gasteiger partial charge in [-0.05, 0) is 79.6 Å². The Labute approximate surface area is 219 Å². The van der Waals surface area contributed by atoms with Crippen molar-refractivity contribution in [2.45, 2.75) is 31.8 Å². The first-order chi connectivity index (χ1) is 18.3. The van der Waals surface area contributed by atoms with E-state index in [-0.39, 0.29) is 24.8 Å². The topological polar surface area (TPSA) is 82.9 Å². The molecule has 1 aromatic heterocycles. The summed E-state index contributed by atoms with van der Waals surface area (Å²) in [5, 5.41) is 21.3. The van der Waals surface area contributed by atoms with Crippen LogP contribution in [0.1, 0.15) is 42.9 Å². The summed E-state index contributed by atoms with van der Waals surface area (Å²) in [6.45, 7) is 1.24. The molecular weight excluding hydrogens is 497 g/mol. The number of nitrogens with zero attached hydrogens (tertiary/aromatic N) is 2. The van der Waals surface area contributed by atoms with Crippen molar-refractivity contribution in [1.29, 1.82) is 0 Å². The van der Waals surface area contributed by atoms with E-state index in [1.807, 2.05) is 23.1 Å². The van der Waals surface area contributed by atoms with Crippen LogP contribution < -0.4 is 4.74 Å². The molecule has 2 aromatic carbocycles. The lowest BCUT2D eigenvalue weighted by Gasteiger charge is -2.37. The first-order valence-corrected chi connectivity index (χ1v) is 12.4. The summed E-state index contributed by atoms with van der Waals surface area (Å²) in [4.78, 5) is 17.8. The van der Waals surface area contributed by atoms with Gasteiger partial charge in [0.25, 0.3) is 0 Å². The van der Waals surface area contributed by atoms with E-state index in [0.717, 1.165) is 22.5 Å². The molecule has 38 heavy (non-hydrogen) atoms. The fourth-order valence-electron chi connectivity index (χ4n) is 5.11. The molecule has 0 amide bonds. The Kier molecular flexibility index (Phi) is 8.87. The molecule has 0 saturated carbocycles. The number of fused-ring (bicyclic) bond motifs is 1. The van der Waals surface area contributed by atoms with E-state index in [4.69, 9.17) is 4.74 Å². The largest absolute Gasteiger partial charge is 0.497 e. The summed E-state index contributed by atoms with van der Waals surface area (Å²) in [6, 6.07) is 8.81. The van der Waals surface area contributed by atoms with Crippen molar-refractivity contribution < 1.29 is 32.9 Å². The fraction of sp³-hybridized carbons (Fsp3) is 0.379. The quantitative estimate of drug-likeness (QED) is 0.320. The molecule has 2 heterocycles. The van der Waals surface area contributed by atoms with Gasteiger partial charge in [-0.3, -0.25) is 14.7 Å². The number of likely N-dealkylation sites (tertiary alicyclic amines) is 1. The maximum Gasteiger partial charge on any atom is 0.303 e. The maximum absolute atomic E-state index is 13.9. The van der Waals surface area contributed by atoms with Gasteiger partial charge in [0.05, 0.1) is 30.8 Å². The number of pyridine rings is 1. The highest BCUT2D eigenvalue weighted by molar-refractivity contribution is 5.83. The highest BCUT2D eigenvalue weighted by Crippen LogP contribution is 2.34. The van der Waals surface area contributed by atoms with Crippen LogP contribution in [0.5, 0.6) is 5.75 Å². The van der Waals surface area contributed by atoms with E-state index >= 15 is 0 Å². The summed E-state index contributed by atoms with van der Waals surface area (Å²) >= 11 is 0. The van der Waals surface area contributed by atoms with E-state index in [1.54, 1.807) is 19.4 Å². The highest BCUT2D eigenvalue weighted by Gasteiger charge is 2.31. The lowest BCUT2D eigenvalue weighted by molar-refractivity contribution is -0.139. The van der Waals surface area contributed by atoms with Crippen LogP contribution in [0.4, 0.5) is 13.2 Å². The van der Waals surface area contributed by atoms with Gasteiger partial charge >= 0.3 is 5.97 Å². The number of piperidine rings is 1. The average molecular weight is 527 g/mol. The molecule has 0 bridgehead atoms. The number of carboxylic acids is 1. The lowest BCUT2D eigenvalue weighted by Crippen LogP contribution is -2.41. The molecule has 6 nitrogen and oxygen atoms in total. The van der Waals surface area contributed by atoms with Gasteiger partial charge in [0.15, 0.2) is 11.6 Å². The van der Waals surface area contributed by atoms with Gasteiger partial charge in [-0.15, -0.1) is 0 Å². The first-order valence-electron chi connectivity index (χ1n) is 12.4. The smallest absolute Gasteiger partial charge is 0.303 e. The molecule has 9 heteroatoms. The van der Waals surface area contributed by atoms with Crippen molar-refractivity contribution in [2.24, 2.45) is 11.8 Å². The summed E-state index contributed by atoms with van der Waals surface area (Å²) in [5.74, 6) is 1.30. The molecular formula is C29H29F3N2O4. The van der Waals surface area contributed by atoms with Crippen molar-refractivity contribution in [3.8, 4) is 17.6 Å². The van der Waals surface area contributed by atoms with Crippen LogP contribution in [0.3, 0.4) is 0 Å². The van der Waals surface area contributed by atoms with Crippen molar-refractivity contribution in [1.82, 2.24) is 9.88 Å². The highest BCUT2D eigenvalue weighted by atomic mass is 19.2. The Balaban J connectivity index is 1.41. The molecule has 3 atom stereocenters. The lowest BCUT2D eigenvalue weighted by atomic mass is 9.79. The van der Waals surface area contributed by atoms with Crippen LogP contribution in [0.2, 0.25) is 0 Å². The SMILES string of the molecule is COc1ccc2nccc([C@H](O)CC[C@@H]3CCN(CC#Cc4c(F)ccc(F)c4F)C[C@@H]3CC(=O)O)c2c1. The van der Waals surface area contributed by atoms with Gasteiger partial charge in [0, 0.05) is 24.5 Å². The van der Waals surface area contributed by atoms with Gasteiger partial charge in [-0.2, -0.15) is 0 Å². The third-order valence-corrected chi connectivity index (χ3v) is 7.12. The average Bonchev–Trinajstić information content (AvgIpc) is 2.91. The van der Waals surface area contributed by atoms with Crippen LogP contribution in [0.25, 0.3) is 10.9 Å². The zero-order valence-corrected chi connectivity index (χ0v) is 21.0. The molecule has 200 valence electrons. The predicted octanol–water partition coefficient (Wildman–Crippen LogP) is 4.94. The molecule has 4 rings (SSSR count). The second-order valence-electron chi connectivity index (χ2n) is 9.54. The Morgan fingerprint density at radius 1 is 1.18 bits per heavy atom. The van der Waals surface area contributed by atoms with E-state index in [0.29, 0.717) is 44.2 Å². The van der Waals surface area contributed by atoms with Crippen LogP contribution in [0, 0.1) is 41.1 Å². The molecule has 0 aliphatic carbocycles. The fourth-order valence-corrected chi connectivity index (χ4v) is 5.11. The van der Waals surface area contributed by atoms with Gasteiger partial charge in [-0.1, -0.05) is 11.8 Å². The van der Waals surface area contributed by atoms with Crippen molar-refractivity contribution in [3.63, 3.8) is 0 Å². The van der Waals surface area contributed by atoms with E-state index in [2.05, 4.69) is 16.8 Å². The number of benzene rings is 2. The Morgan fingerprint density at radius 2 is 1.97 bits per heavy atom. The summed E-state index contributed by atoms with van der Waals surface area (Å²) in [6.07, 6.45) is 2.65. The minimum absolute atomic E-state index is 0.0345. The minimum atomic E-state index is -1.32. The number of aromatic nitrogens is 1. The number of carbonyl (C=O) groups is 1. The number of aliphatic carboxylic acids is 1. The molecule has 2 N–H and O–H groups in total. The number of aliphatic hydroxyl groups excluding tert-OH is 1. The number of aliphatic hydroxyl groups is 1.